The third-order valence-electron chi connectivity index (χ3n) is 0.827. The first-order valence-electron chi connectivity index (χ1n) is 5.23. The first-order valence-corrected chi connectivity index (χ1v) is 5.23. The van der Waals surface area contributed by atoms with Crippen LogP contribution in [0.15, 0.2) is 24.3 Å². The van der Waals surface area contributed by atoms with E-state index < -0.39 is 0 Å². The standard InChI is InChI=1S/C6H5FO.3C2H6/c7-5-1-3-6(8)4-2-5;3*1-2/h1-4,8H;3*1-2H3. The minimum Gasteiger partial charge on any atom is -0.508 e. The molecular formula is C12H23FO. The minimum atomic E-state index is -0.331. The summed E-state index contributed by atoms with van der Waals surface area (Å²) in [6, 6.07) is 5.01. The van der Waals surface area contributed by atoms with Crippen molar-refractivity contribution in [1.29, 1.82) is 0 Å². The quantitative estimate of drug-likeness (QED) is 0.651. The molecule has 0 unspecified atom stereocenters. The molecule has 0 saturated heterocycles. The zero-order valence-corrected chi connectivity index (χ0v) is 10.1. The van der Waals surface area contributed by atoms with Crippen molar-refractivity contribution in [3.05, 3.63) is 30.1 Å². The summed E-state index contributed by atoms with van der Waals surface area (Å²) in [6.07, 6.45) is 0. The maximum atomic E-state index is 12.0. The first-order chi connectivity index (χ1) is 6.79. The van der Waals surface area contributed by atoms with Crippen LogP contribution in [-0.4, -0.2) is 5.11 Å². The van der Waals surface area contributed by atoms with Crippen molar-refractivity contribution in [2.75, 3.05) is 0 Å². The molecule has 0 radical (unpaired) electrons. The van der Waals surface area contributed by atoms with Crippen LogP contribution in [0.5, 0.6) is 5.75 Å². The van der Waals surface area contributed by atoms with Crippen molar-refractivity contribution >= 4 is 0 Å². The maximum absolute atomic E-state index is 12.0. The van der Waals surface area contributed by atoms with E-state index in [2.05, 4.69) is 0 Å². The molecule has 84 valence electrons. The van der Waals surface area contributed by atoms with Crippen molar-refractivity contribution in [1.82, 2.24) is 0 Å². The van der Waals surface area contributed by atoms with Crippen LogP contribution in [0.4, 0.5) is 4.39 Å². The molecule has 0 heterocycles. The van der Waals surface area contributed by atoms with Gasteiger partial charge in [0.05, 0.1) is 0 Å². The summed E-state index contributed by atoms with van der Waals surface area (Å²) in [6.45, 7) is 12.0. The number of phenolic OH excluding ortho intramolecular Hbond substituents is 1. The normalized spacial score (nSPS) is 6.50. The fourth-order valence-corrected chi connectivity index (χ4v) is 0.441. The Hall–Kier alpha value is -1.05. The van der Waals surface area contributed by atoms with Gasteiger partial charge in [-0.25, -0.2) is 4.39 Å². The van der Waals surface area contributed by atoms with E-state index >= 15 is 0 Å². The third kappa shape index (κ3) is 13.5. The lowest BCUT2D eigenvalue weighted by Gasteiger charge is -1.86. The van der Waals surface area contributed by atoms with Gasteiger partial charge in [-0.2, -0.15) is 0 Å². The summed E-state index contributed by atoms with van der Waals surface area (Å²) in [5.74, 6) is -0.241. The molecule has 0 aliphatic heterocycles. The number of hydrogen-bond donors (Lipinski definition) is 1. The van der Waals surface area contributed by atoms with Crippen LogP contribution in [0, 0.1) is 5.82 Å². The monoisotopic (exact) mass is 202 g/mol. The van der Waals surface area contributed by atoms with Gasteiger partial charge in [0.25, 0.3) is 0 Å². The van der Waals surface area contributed by atoms with Crippen molar-refractivity contribution in [2.45, 2.75) is 41.5 Å². The number of hydrogen-bond acceptors (Lipinski definition) is 1. The molecule has 0 bridgehead atoms. The molecule has 1 nitrogen and oxygen atoms in total. The predicted octanol–water partition coefficient (Wildman–Crippen LogP) is 4.61. The molecule has 0 aliphatic carbocycles. The van der Waals surface area contributed by atoms with Crippen LogP contribution < -0.4 is 0 Å². The smallest absolute Gasteiger partial charge is 0.123 e. The number of halogens is 1. The molecule has 14 heavy (non-hydrogen) atoms. The van der Waals surface area contributed by atoms with E-state index in [0.717, 1.165) is 0 Å². The second-order valence-electron chi connectivity index (χ2n) is 1.48. The van der Waals surface area contributed by atoms with Gasteiger partial charge < -0.3 is 5.11 Å². The molecule has 0 aliphatic rings. The summed E-state index contributed by atoms with van der Waals surface area (Å²) in [5.41, 5.74) is 0. The van der Waals surface area contributed by atoms with Gasteiger partial charge in [-0.3, -0.25) is 0 Å². The summed E-state index contributed by atoms with van der Waals surface area (Å²) < 4.78 is 12.0. The molecule has 1 aromatic carbocycles. The lowest BCUT2D eigenvalue weighted by Crippen LogP contribution is -1.67. The maximum Gasteiger partial charge on any atom is 0.123 e. The number of benzene rings is 1. The van der Waals surface area contributed by atoms with Crippen LogP contribution in [0.1, 0.15) is 41.5 Å². The van der Waals surface area contributed by atoms with E-state index in [1.807, 2.05) is 41.5 Å². The highest BCUT2D eigenvalue weighted by molar-refractivity contribution is 5.19. The van der Waals surface area contributed by atoms with Crippen LogP contribution in [0.2, 0.25) is 0 Å². The molecule has 2 heteroatoms. The van der Waals surface area contributed by atoms with Gasteiger partial charge in [0.1, 0.15) is 11.6 Å². The average molecular weight is 202 g/mol. The highest BCUT2D eigenvalue weighted by Gasteiger charge is 1.85. The van der Waals surface area contributed by atoms with Crippen LogP contribution in [0.3, 0.4) is 0 Å². The fourth-order valence-electron chi connectivity index (χ4n) is 0.441. The van der Waals surface area contributed by atoms with Crippen molar-refractivity contribution in [3.8, 4) is 5.75 Å². The average Bonchev–Trinajstić information content (AvgIpc) is 2.31. The second-order valence-corrected chi connectivity index (χ2v) is 1.48. The van der Waals surface area contributed by atoms with E-state index in [1.165, 1.54) is 24.3 Å². The van der Waals surface area contributed by atoms with Gasteiger partial charge in [0.2, 0.25) is 0 Å². The molecule has 1 aromatic rings. The number of phenols is 1. The lowest BCUT2D eigenvalue weighted by atomic mass is 10.3. The zero-order valence-electron chi connectivity index (χ0n) is 10.1. The summed E-state index contributed by atoms with van der Waals surface area (Å²) >= 11 is 0. The Morgan fingerprint density at radius 2 is 1.07 bits per heavy atom. The predicted molar refractivity (Wildman–Crippen MR) is 62.1 cm³/mol. The van der Waals surface area contributed by atoms with Gasteiger partial charge in [-0.15, -0.1) is 0 Å². The molecule has 0 fully saturated rings. The fraction of sp³-hybridized carbons (Fsp3) is 0.500. The molecule has 0 aromatic heterocycles. The van der Waals surface area contributed by atoms with Crippen molar-refractivity contribution < 1.29 is 9.50 Å². The van der Waals surface area contributed by atoms with E-state index in [9.17, 15) is 4.39 Å². The molecule has 1 rings (SSSR count). The highest BCUT2D eigenvalue weighted by atomic mass is 19.1. The first kappa shape index (κ1) is 18.7. The van der Waals surface area contributed by atoms with Gasteiger partial charge in [-0.05, 0) is 24.3 Å². The number of aromatic hydroxyl groups is 1. The van der Waals surface area contributed by atoms with Crippen LogP contribution >= 0.6 is 0 Å². The van der Waals surface area contributed by atoms with Crippen LogP contribution in [-0.2, 0) is 0 Å². The molecule has 0 spiro atoms. The third-order valence-corrected chi connectivity index (χ3v) is 0.827. The number of rotatable bonds is 0. The van der Waals surface area contributed by atoms with Gasteiger partial charge in [0, 0.05) is 0 Å². The minimum absolute atomic E-state index is 0.0893. The molecule has 0 amide bonds. The summed E-state index contributed by atoms with van der Waals surface area (Å²) in [4.78, 5) is 0. The van der Waals surface area contributed by atoms with Crippen LogP contribution in [0.25, 0.3) is 0 Å². The van der Waals surface area contributed by atoms with Crippen molar-refractivity contribution in [2.24, 2.45) is 0 Å². The summed E-state index contributed by atoms with van der Waals surface area (Å²) in [7, 11) is 0. The second kappa shape index (κ2) is 17.9. The van der Waals surface area contributed by atoms with Gasteiger partial charge in [-0.1, -0.05) is 41.5 Å². The SMILES string of the molecule is CC.CC.CC.Oc1ccc(F)cc1. The van der Waals surface area contributed by atoms with Crippen molar-refractivity contribution in [3.63, 3.8) is 0 Å². The van der Waals surface area contributed by atoms with E-state index in [1.54, 1.807) is 0 Å². The Bertz CT molecular complexity index is 149. The summed E-state index contributed by atoms with van der Waals surface area (Å²) in [5, 5.41) is 8.59. The van der Waals surface area contributed by atoms with E-state index in [4.69, 9.17) is 5.11 Å². The van der Waals surface area contributed by atoms with E-state index in [-0.39, 0.29) is 11.6 Å². The molecular weight excluding hydrogens is 179 g/mol. The highest BCUT2D eigenvalue weighted by Crippen LogP contribution is 2.06. The molecule has 1 N–H and O–H groups in total. The Balaban J connectivity index is -0.000000174. The van der Waals surface area contributed by atoms with Gasteiger partial charge in [0.15, 0.2) is 0 Å². The van der Waals surface area contributed by atoms with E-state index in [0.29, 0.717) is 0 Å². The Morgan fingerprint density at radius 3 is 1.29 bits per heavy atom. The topological polar surface area (TPSA) is 20.2 Å². The van der Waals surface area contributed by atoms with Gasteiger partial charge >= 0.3 is 0 Å². The lowest BCUT2D eigenvalue weighted by molar-refractivity contribution is 0.473. The Labute approximate surface area is 87.6 Å². The largest absolute Gasteiger partial charge is 0.508 e. The molecule has 0 atom stereocenters. The Morgan fingerprint density at radius 1 is 0.786 bits per heavy atom. The molecule has 0 saturated carbocycles. The Kier molecular flexibility index (Phi) is 23.9. The zero-order chi connectivity index (χ0) is 12.0.